The van der Waals surface area contributed by atoms with Gasteiger partial charge in [-0.25, -0.2) is 0 Å². The van der Waals surface area contributed by atoms with E-state index in [0.717, 1.165) is 12.1 Å². The molecule has 1 aromatic heterocycles. The Morgan fingerprint density at radius 1 is 1.20 bits per heavy atom. The number of alkyl halides is 3. The highest BCUT2D eigenvalue weighted by Crippen LogP contribution is 2.47. The van der Waals surface area contributed by atoms with Crippen LogP contribution in [0.1, 0.15) is 37.1 Å². The number of hydrogen-bond acceptors (Lipinski definition) is 3. The molecule has 1 unspecified atom stereocenters. The first kappa shape index (κ1) is 17.5. The minimum atomic E-state index is -4.52. The van der Waals surface area contributed by atoms with Gasteiger partial charge in [0, 0.05) is 23.1 Å². The molecule has 25 heavy (non-hydrogen) atoms. The van der Waals surface area contributed by atoms with Crippen molar-refractivity contribution in [3.8, 4) is 5.75 Å². The Kier molecular flexibility index (Phi) is 3.95. The van der Waals surface area contributed by atoms with E-state index in [1.165, 1.54) is 24.4 Å². The van der Waals surface area contributed by atoms with Gasteiger partial charge in [0.05, 0.1) is 12.2 Å². The largest absolute Gasteiger partial charge is 0.618 e. The third-order valence-corrected chi connectivity index (χ3v) is 4.36. The molecule has 0 spiro atoms. The summed E-state index contributed by atoms with van der Waals surface area (Å²) in [5, 5.41) is 23.6. The van der Waals surface area contributed by atoms with Crippen molar-refractivity contribution >= 4 is 0 Å². The van der Waals surface area contributed by atoms with Gasteiger partial charge in [0.1, 0.15) is 5.75 Å². The van der Waals surface area contributed by atoms with Crippen LogP contribution in [-0.2, 0) is 11.8 Å². The highest BCUT2D eigenvalue weighted by Gasteiger charge is 2.48. The van der Waals surface area contributed by atoms with Crippen LogP contribution in [0.4, 0.5) is 13.2 Å². The van der Waals surface area contributed by atoms with Crippen LogP contribution in [0.2, 0.25) is 0 Å². The SMILES string of the molecule is CC1(C)COc2cc(C(F)(F)F)ccc2C(O)(c2cccc[n+]2[O-])C1. The second-order valence-corrected chi connectivity index (χ2v) is 7.11. The molecule has 0 saturated heterocycles. The molecule has 0 saturated carbocycles. The summed E-state index contributed by atoms with van der Waals surface area (Å²) in [6.45, 7) is 3.77. The van der Waals surface area contributed by atoms with Crippen molar-refractivity contribution in [3.63, 3.8) is 0 Å². The van der Waals surface area contributed by atoms with E-state index < -0.39 is 22.8 Å². The number of nitrogens with zero attached hydrogens (tertiary/aromatic N) is 1. The normalized spacial score (nSPS) is 22.6. The summed E-state index contributed by atoms with van der Waals surface area (Å²) in [6, 6.07) is 7.54. The Balaban J connectivity index is 2.23. The summed E-state index contributed by atoms with van der Waals surface area (Å²) in [7, 11) is 0. The number of rotatable bonds is 1. The number of fused-ring (bicyclic) bond motifs is 1. The topological polar surface area (TPSA) is 56.4 Å². The summed E-state index contributed by atoms with van der Waals surface area (Å²) in [5.74, 6) is -0.0632. The number of aromatic nitrogens is 1. The molecular formula is C18H18F3NO3. The molecule has 1 atom stereocenters. The smallest absolute Gasteiger partial charge is 0.416 e. The number of ether oxygens (including phenoxy) is 1. The molecule has 2 heterocycles. The van der Waals surface area contributed by atoms with Crippen molar-refractivity contribution in [2.75, 3.05) is 6.61 Å². The Morgan fingerprint density at radius 3 is 2.56 bits per heavy atom. The van der Waals surface area contributed by atoms with E-state index in [1.54, 1.807) is 6.07 Å². The van der Waals surface area contributed by atoms with Crippen molar-refractivity contribution in [1.29, 1.82) is 0 Å². The third kappa shape index (κ3) is 3.16. The molecule has 1 N–H and O–H groups in total. The van der Waals surface area contributed by atoms with E-state index in [-0.39, 0.29) is 30.0 Å². The van der Waals surface area contributed by atoms with Gasteiger partial charge in [-0.05, 0) is 24.6 Å². The fraction of sp³-hybridized carbons (Fsp3) is 0.389. The van der Waals surface area contributed by atoms with E-state index in [9.17, 15) is 23.5 Å². The van der Waals surface area contributed by atoms with Crippen molar-refractivity contribution in [3.05, 3.63) is 64.6 Å². The fourth-order valence-electron chi connectivity index (χ4n) is 3.25. The molecule has 0 bridgehead atoms. The molecule has 1 aliphatic rings. The maximum Gasteiger partial charge on any atom is 0.416 e. The maximum absolute atomic E-state index is 13.0. The Bertz CT molecular complexity index is 804. The van der Waals surface area contributed by atoms with Crippen LogP contribution in [0, 0.1) is 10.6 Å². The van der Waals surface area contributed by atoms with Crippen LogP contribution < -0.4 is 9.47 Å². The molecule has 0 amide bonds. The zero-order valence-electron chi connectivity index (χ0n) is 13.8. The van der Waals surface area contributed by atoms with Gasteiger partial charge >= 0.3 is 6.18 Å². The average molecular weight is 353 g/mol. The average Bonchev–Trinajstić information content (AvgIpc) is 2.61. The van der Waals surface area contributed by atoms with Crippen molar-refractivity contribution < 1.29 is 27.7 Å². The first-order valence-corrected chi connectivity index (χ1v) is 7.79. The number of halogens is 3. The number of aliphatic hydroxyl groups is 1. The molecule has 1 aliphatic heterocycles. The zero-order chi connectivity index (χ0) is 18.5. The lowest BCUT2D eigenvalue weighted by Crippen LogP contribution is -2.44. The summed E-state index contributed by atoms with van der Waals surface area (Å²) in [4.78, 5) is 0. The standard InChI is InChI=1S/C18H18F3NO3/c1-16(2)10-17(23,15-5-3-4-8-22(15)24)13-7-6-12(18(19,20)21)9-14(13)25-11-16/h3-9,23H,10-11H2,1-2H3. The maximum atomic E-state index is 13.0. The van der Waals surface area contributed by atoms with E-state index in [4.69, 9.17) is 4.74 Å². The first-order valence-electron chi connectivity index (χ1n) is 7.79. The summed E-state index contributed by atoms with van der Waals surface area (Å²) >= 11 is 0. The Labute approximate surface area is 143 Å². The quantitative estimate of drug-likeness (QED) is 0.632. The Morgan fingerprint density at radius 2 is 1.92 bits per heavy atom. The van der Waals surface area contributed by atoms with Crippen LogP contribution in [0.5, 0.6) is 5.75 Å². The van der Waals surface area contributed by atoms with Crippen molar-refractivity contribution in [1.82, 2.24) is 0 Å². The molecule has 134 valence electrons. The Hall–Kier alpha value is -2.28. The zero-order valence-corrected chi connectivity index (χ0v) is 13.8. The number of pyridine rings is 1. The third-order valence-electron chi connectivity index (χ3n) is 4.36. The monoisotopic (exact) mass is 353 g/mol. The number of benzene rings is 1. The first-order chi connectivity index (χ1) is 11.5. The minimum absolute atomic E-state index is 0.0505. The van der Waals surface area contributed by atoms with Gasteiger partial charge in [0.2, 0.25) is 5.69 Å². The lowest BCUT2D eigenvalue weighted by molar-refractivity contribution is -0.622. The molecule has 0 aliphatic carbocycles. The minimum Gasteiger partial charge on any atom is -0.618 e. The van der Waals surface area contributed by atoms with Gasteiger partial charge in [-0.15, -0.1) is 0 Å². The van der Waals surface area contributed by atoms with Crippen molar-refractivity contribution in [2.45, 2.75) is 32.0 Å². The van der Waals surface area contributed by atoms with Crippen LogP contribution in [-0.4, -0.2) is 11.7 Å². The molecule has 4 nitrogen and oxygen atoms in total. The van der Waals surface area contributed by atoms with Crippen LogP contribution >= 0.6 is 0 Å². The summed E-state index contributed by atoms with van der Waals surface area (Å²) < 4.78 is 45.2. The lowest BCUT2D eigenvalue weighted by atomic mass is 9.76. The number of hydrogen-bond donors (Lipinski definition) is 1. The fourth-order valence-corrected chi connectivity index (χ4v) is 3.25. The second-order valence-electron chi connectivity index (χ2n) is 7.11. The highest BCUT2D eigenvalue weighted by molar-refractivity contribution is 5.46. The van der Waals surface area contributed by atoms with Gasteiger partial charge in [0.25, 0.3) is 0 Å². The van der Waals surface area contributed by atoms with Gasteiger partial charge in [-0.1, -0.05) is 19.9 Å². The van der Waals surface area contributed by atoms with E-state index in [2.05, 4.69) is 0 Å². The van der Waals surface area contributed by atoms with Crippen molar-refractivity contribution in [2.24, 2.45) is 5.41 Å². The van der Waals surface area contributed by atoms with Gasteiger partial charge in [0.15, 0.2) is 11.8 Å². The predicted octanol–water partition coefficient (Wildman–Crippen LogP) is 3.38. The summed E-state index contributed by atoms with van der Waals surface area (Å²) in [6.07, 6.45) is -3.15. The van der Waals surface area contributed by atoms with Gasteiger partial charge in [-0.2, -0.15) is 17.9 Å². The van der Waals surface area contributed by atoms with Crippen LogP contribution in [0.3, 0.4) is 0 Å². The van der Waals surface area contributed by atoms with E-state index in [0.29, 0.717) is 4.73 Å². The predicted molar refractivity (Wildman–Crippen MR) is 83.7 cm³/mol. The van der Waals surface area contributed by atoms with E-state index in [1.807, 2.05) is 13.8 Å². The van der Waals surface area contributed by atoms with Gasteiger partial charge < -0.3 is 15.1 Å². The van der Waals surface area contributed by atoms with Crippen LogP contribution in [0.25, 0.3) is 0 Å². The molecule has 2 aromatic rings. The molecule has 3 rings (SSSR count). The molecular weight excluding hydrogens is 335 g/mol. The van der Waals surface area contributed by atoms with E-state index >= 15 is 0 Å². The molecule has 7 heteroatoms. The van der Waals surface area contributed by atoms with Crippen LogP contribution in [0.15, 0.2) is 42.6 Å². The molecule has 1 aromatic carbocycles. The molecule has 0 fully saturated rings. The highest BCUT2D eigenvalue weighted by atomic mass is 19.4. The summed E-state index contributed by atoms with van der Waals surface area (Å²) in [5.41, 5.74) is -2.98. The lowest BCUT2D eigenvalue weighted by Gasteiger charge is -2.31. The molecule has 0 radical (unpaired) electrons. The second kappa shape index (κ2) is 5.62. The van der Waals surface area contributed by atoms with Gasteiger partial charge in [-0.3, -0.25) is 0 Å².